The van der Waals surface area contributed by atoms with Crippen molar-refractivity contribution in [1.29, 1.82) is 0 Å². The summed E-state index contributed by atoms with van der Waals surface area (Å²) in [5.74, 6) is -0.639. The molecular formula is C18H19ClF3N3O3. The molecule has 152 valence electrons. The number of amides is 1. The molecule has 10 heteroatoms. The number of fused-ring (bicyclic) bond motifs is 1. The fourth-order valence-corrected chi connectivity index (χ4v) is 3.87. The number of carbonyl (C=O) groups is 1. The molecule has 0 fully saturated rings. The predicted molar refractivity (Wildman–Crippen MR) is 95.4 cm³/mol. The molecule has 2 heterocycles. The van der Waals surface area contributed by atoms with Crippen LogP contribution >= 0.6 is 11.6 Å². The van der Waals surface area contributed by atoms with E-state index in [2.05, 4.69) is 9.72 Å². The second-order valence-electron chi connectivity index (χ2n) is 6.38. The van der Waals surface area contributed by atoms with Crippen LogP contribution in [0.3, 0.4) is 0 Å². The summed E-state index contributed by atoms with van der Waals surface area (Å²) in [6.07, 6.45) is 0.257. The molecule has 1 atom stereocenters. The van der Waals surface area contributed by atoms with E-state index in [0.717, 1.165) is 18.0 Å². The quantitative estimate of drug-likeness (QED) is 0.751. The lowest BCUT2D eigenvalue weighted by molar-refractivity contribution is -0.0522. The van der Waals surface area contributed by atoms with Gasteiger partial charge in [-0.3, -0.25) is 4.90 Å². The van der Waals surface area contributed by atoms with E-state index in [0.29, 0.717) is 43.6 Å². The lowest BCUT2D eigenvalue weighted by Crippen LogP contribution is -2.42. The van der Waals surface area contributed by atoms with Crippen LogP contribution in [0.4, 0.5) is 18.0 Å². The third kappa shape index (κ3) is 4.04. The van der Waals surface area contributed by atoms with Crippen LogP contribution < -0.4 is 4.74 Å². The van der Waals surface area contributed by atoms with Crippen molar-refractivity contribution in [3.05, 3.63) is 46.3 Å². The van der Waals surface area contributed by atoms with Gasteiger partial charge in [0.1, 0.15) is 5.82 Å². The number of hydrogen-bond acceptors (Lipinski definition) is 3. The summed E-state index contributed by atoms with van der Waals surface area (Å²) in [6, 6.07) is 3.19. The van der Waals surface area contributed by atoms with E-state index in [1.54, 1.807) is 0 Å². The minimum absolute atomic E-state index is 0.264. The van der Waals surface area contributed by atoms with Crippen LogP contribution in [0.2, 0.25) is 5.15 Å². The number of imidazole rings is 1. The predicted octanol–water partition coefficient (Wildman–Crippen LogP) is 4.51. The molecule has 2 aromatic rings. The molecule has 0 radical (unpaired) electrons. The molecule has 1 aromatic carbocycles. The van der Waals surface area contributed by atoms with Crippen molar-refractivity contribution in [3.8, 4) is 5.75 Å². The molecule has 0 aliphatic carbocycles. The molecule has 6 nitrogen and oxygen atoms in total. The zero-order valence-corrected chi connectivity index (χ0v) is 15.8. The Morgan fingerprint density at radius 2 is 2.18 bits per heavy atom. The van der Waals surface area contributed by atoms with Crippen molar-refractivity contribution < 1.29 is 27.8 Å². The zero-order valence-electron chi connectivity index (χ0n) is 15.0. The minimum atomic E-state index is -3.11. The topological polar surface area (TPSA) is 67.6 Å². The number of nitrogens with zero attached hydrogens (tertiary/aromatic N) is 3. The van der Waals surface area contributed by atoms with Crippen molar-refractivity contribution in [3.63, 3.8) is 0 Å². The van der Waals surface area contributed by atoms with Crippen molar-refractivity contribution in [2.45, 2.75) is 45.4 Å². The second-order valence-corrected chi connectivity index (χ2v) is 6.74. The smallest absolute Gasteiger partial charge is 0.407 e. The number of hydrogen-bond donors (Lipinski definition) is 1. The highest BCUT2D eigenvalue weighted by atomic mass is 35.5. The van der Waals surface area contributed by atoms with Gasteiger partial charge in [-0.15, -0.1) is 0 Å². The molecule has 0 bridgehead atoms. The summed E-state index contributed by atoms with van der Waals surface area (Å²) >= 11 is 6.28. The summed E-state index contributed by atoms with van der Waals surface area (Å²) in [5.41, 5.74) is 1.17. The second kappa shape index (κ2) is 8.30. The molecule has 1 unspecified atom stereocenters. The molecular weight excluding hydrogens is 399 g/mol. The summed E-state index contributed by atoms with van der Waals surface area (Å²) in [7, 11) is 0. The molecule has 1 N–H and O–H groups in total. The van der Waals surface area contributed by atoms with Gasteiger partial charge in [-0.05, 0) is 30.5 Å². The Kier molecular flexibility index (Phi) is 6.02. The number of alkyl halides is 2. The Morgan fingerprint density at radius 1 is 1.43 bits per heavy atom. The van der Waals surface area contributed by atoms with Crippen molar-refractivity contribution >= 4 is 17.7 Å². The zero-order chi connectivity index (χ0) is 20.4. The first kappa shape index (κ1) is 20.3. The summed E-state index contributed by atoms with van der Waals surface area (Å²) < 4.78 is 44.5. The van der Waals surface area contributed by atoms with Gasteiger partial charge in [-0.1, -0.05) is 24.6 Å². The normalized spacial score (nSPS) is 16.4. The van der Waals surface area contributed by atoms with Crippen LogP contribution in [-0.4, -0.2) is 38.8 Å². The first-order valence-corrected chi connectivity index (χ1v) is 9.17. The van der Waals surface area contributed by atoms with Gasteiger partial charge in [0.25, 0.3) is 0 Å². The number of aryl methyl sites for hydroxylation is 2. The van der Waals surface area contributed by atoms with E-state index >= 15 is 0 Å². The van der Waals surface area contributed by atoms with Crippen LogP contribution in [0.15, 0.2) is 18.2 Å². The monoisotopic (exact) mass is 417 g/mol. The van der Waals surface area contributed by atoms with Crippen LogP contribution in [-0.2, 0) is 19.4 Å². The Balaban J connectivity index is 1.83. The maximum Gasteiger partial charge on any atom is 0.407 e. The van der Waals surface area contributed by atoms with E-state index < -0.39 is 30.3 Å². The van der Waals surface area contributed by atoms with E-state index in [1.807, 2.05) is 11.5 Å². The summed E-state index contributed by atoms with van der Waals surface area (Å²) in [6.45, 7) is -0.407. The Hall–Kier alpha value is -2.42. The lowest BCUT2D eigenvalue weighted by Gasteiger charge is -2.35. The average molecular weight is 418 g/mol. The van der Waals surface area contributed by atoms with E-state index in [4.69, 9.17) is 11.6 Å². The summed E-state index contributed by atoms with van der Waals surface area (Å²) in [4.78, 5) is 17.3. The van der Waals surface area contributed by atoms with Crippen LogP contribution in [0.1, 0.15) is 36.5 Å². The fraction of sp³-hybridized carbons (Fsp3) is 0.444. The third-order valence-electron chi connectivity index (χ3n) is 4.78. The highest BCUT2D eigenvalue weighted by Crippen LogP contribution is 2.36. The van der Waals surface area contributed by atoms with Gasteiger partial charge < -0.3 is 14.4 Å². The molecule has 1 aromatic heterocycles. The largest absolute Gasteiger partial charge is 0.465 e. The molecule has 0 spiro atoms. The van der Waals surface area contributed by atoms with Gasteiger partial charge in [0, 0.05) is 19.5 Å². The van der Waals surface area contributed by atoms with Gasteiger partial charge in [-0.2, -0.15) is 8.78 Å². The highest BCUT2D eigenvalue weighted by Gasteiger charge is 2.34. The van der Waals surface area contributed by atoms with Gasteiger partial charge in [0.05, 0.1) is 11.7 Å². The highest BCUT2D eigenvalue weighted by molar-refractivity contribution is 6.30. The molecule has 1 aliphatic rings. The molecule has 3 rings (SSSR count). The minimum Gasteiger partial charge on any atom is -0.465 e. The molecule has 1 aliphatic heterocycles. The number of ether oxygens (including phenoxy) is 1. The number of carboxylic acid groups (broad SMARTS) is 1. The number of rotatable bonds is 6. The number of halogens is 4. The first-order valence-electron chi connectivity index (χ1n) is 8.79. The molecule has 1 amide bonds. The first-order chi connectivity index (χ1) is 13.3. The Labute approximate surface area is 164 Å². The van der Waals surface area contributed by atoms with Crippen LogP contribution in [0.25, 0.3) is 0 Å². The number of benzene rings is 1. The maximum atomic E-state index is 13.9. The van der Waals surface area contributed by atoms with E-state index in [9.17, 15) is 23.1 Å². The van der Waals surface area contributed by atoms with E-state index in [-0.39, 0.29) is 5.15 Å². The van der Waals surface area contributed by atoms with Gasteiger partial charge in [0.2, 0.25) is 0 Å². The molecule has 28 heavy (non-hydrogen) atoms. The average Bonchev–Trinajstić information content (AvgIpc) is 2.97. The third-order valence-corrected chi connectivity index (χ3v) is 5.06. The van der Waals surface area contributed by atoms with Gasteiger partial charge in [0.15, 0.2) is 16.7 Å². The maximum absolute atomic E-state index is 13.9. The SMILES string of the molecule is CCc1nc(Cl)c2n1CCN(C(=O)O)C2CCc1ccc(OC(F)F)c(F)c1. The van der Waals surface area contributed by atoms with E-state index in [1.165, 1.54) is 11.0 Å². The molecule has 0 saturated heterocycles. The number of aromatic nitrogens is 2. The van der Waals surface area contributed by atoms with Crippen molar-refractivity contribution in [2.24, 2.45) is 0 Å². The van der Waals surface area contributed by atoms with Crippen molar-refractivity contribution in [1.82, 2.24) is 14.5 Å². The molecule has 0 saturated carbocycles. The van der Waals surface area contributed by atoms with Crippen LogP contribution in [0, 0.1) is 5.82 Å². The summed E-state index contributed by atoms with van der Waals surface area (Å²) in [5, 5.41) is 9.82. The Morgan fingerprint density at radius 3 is 2.79 bits per heavy atom. The Bertz CT molecular complexity index is 875. The van der Waals surface area contributed by atoms with Crippen LogP contribution in [0.5, 0.6) is 5.75 Å². The van der Waals surface area contributed by atoms with Gasteiger partial charge >= 0.3 is 12.7 Å². The van der Waals surface area contributed by atoms with Crippen molar-refractivity contribution in [2.75, 3.05) is 6.54 Å². The standard InChI is InChI=1S/C18H19ClF3N3O3/c1-2-14-23-16(19)15-12(24(18(26)27)7-8-25(14)15)5-3-10-4-6-13(11(20)9-10)28-17(21)22/h4,6,9,12,17H,2-3,5,7-8H2,1H3,(H,26,27). The fourth-order valence-electron chi connectivity index (χ4n) is 3.55. The van der Waals surface area contributed by atoms with Gasteiger partial charge in [-0.25, -0.2) is 14.2 Å². The lowest BCUT2D eigenvalue weighted by atomic mass is 10.00.